The summed E-state index contributed by atoms with van der Waals surface area (Å²) in [5.74, 6) is 0.366. The van der Waals surface area contributed by atoms with Crippen LogP contribution in [-0.4, -0.2) is 14.9 Å². The topological polar surface area (TPSA) is 38.0 Å². The molecule has 2 atom stereocenters. The van der Waals surface area contributed by atoms with Crippen molar-refractivity contribution < 1.29 is 5.11 Å². The van der Waals surface area contributed by atoms with Crippen LogP contribution in [0.4, 0.5) is 0 Å². The minimum Gasteiger partial charge on any atom is -0.388 e. The van der Waals surface area contributed by atoms with Crippen LogP contribution < -0.4 is 0 Å². The maximum Gasteiger partial charge on any atom is 0.0853 e. The second kappa shape index (κ2) is 5.43. The summed E-state index contributed by atoms with van der Waals surface area (Å²) in [5, 5.41) is 14.9. The second-order valence-electron chi connectivity index (χ2n) is 6.32. The quantitative estimate of drug-likeness (QED) is 0.887. The third-order valence-corrected chi connectivity index (χ3v) is 4.42. The molecular weight excluding hydrogens is 224 g/mol. The molecule has 2 unspecified atom stereocenters. The number of aliphatic hydroxyl groups excluding tert-OH is 1. The van der Waals surface area contributed by atoms with E-state index in [-0.39, 0.29) is 11.5 Å². The lowest BCUT2D eigenvalue weighted by Gasteiger charge is -2.41. The van der Waals surface area contributed by atoms with Crippen LogP contribution >= 0.6 is 0 Å². The SMILES string of the molecule is CCCn1cc(C(O)C2CCCCC2(C)C)cn1. The third kappa shape index (κ3) is 2.77. The standard InChI is InChI=1S/C15H26N2O/c1-4-9-17-11-12(10-16-17)14(18)13-7-5-6-8-15(13,2)3/h10-11,13-14,18H,4-9H2,1-3H3. The molecule has 1 fully saturated rings. The normalized spacial score (nSPS) is 25.0. The average Bonchev–Trinajstić information content (AvgIpc) is 2.77. The van der Waals surface area contributed by atoms with Gasteiger partial charge in [-0.3, -0.25) is 4.68 Å². The smallest absolute Gasteiger partial charge is 0.0853 e. The Kier molecular flexibility index (Phi) is 4.10. The van der Waals surface area contributed by atoms with E-state index in [9.17, 15) is 5.11 Å². The van der Waals surface area contributed by atoms with Gasteiger partial charge in [-0.05, 0) is 30.6 Å². The van der Waals surface area contributed by atoms with Crippen molar-refractivity contribution in [2.45, 2.75) is 65.5 Å². The number of hydrogen-bond acceptors (Lipinski definition) is 2. The van der Waals surface area contributed by atoms with E-state index < -0.39 is 0 Å². The summed E-state index contributed by atoms with van der Waals surface area (Å²) in [4.78, 5) is 0. The van der Waals surface area contributed by atoms with Crippen molar-refractivity contribution in [2.24, 2.45) is 11.3 Å². The van der Waals surface area contributed by atoms with Gasteiger partial charge in [0.05, 0.1) is 12.3 Å². The van der Waals surface area contributed by atoms with Crippen LogP contribution in [-0.2, 0) is 6.54 Å². The summed E-state index contributed by atoms with van der Waals surface area (Å²) in [6, 6.07) is 0. The molecule has 0 aliphatic heterocycles. The Morgan fingerprint density at radius 2 is 2.28 bits per heavy atom. The van der Waals surface area contributed by atoms with Crippen LogP contribution in [0.5, 0.6) is 0 Å². The number of aliphatic hydroxyl groups is 1. The Bertz CT molecular complexity index is 384. The maximum absolute atomic E-state index is 10.6. The zero-order valence-corrected chi connectivity index (χ0v) is 11.9. The van der Waals surface area contributed by atoms with Crippen molar-refractivity contribution in [2.75, 3.05) is 0 Å². The highest BCUT2D eigenvalue weighted by atomic mass is 16.3. The average molecular weight is 250 g/mol. The van der Waals surface area contributed by atoms with Gasteiger partial charge in [0.2, 0.25) is 0 Å². The zero-order valence-electron chi connectivity index (χ0n) is 11.9. The first-order valence-electron chi connectivity index (χ1n) is 7.25. The van der Waals surface area contributed by atoms with Gasteiger partial charge < -0.3 is 5.11 Å². The van der Waals surface area contributed by atoms with Crippen molar-refractivity contribution in [3.05, 3.63) is 18.0 Å². The van der Waals surface area contributed by atoms with Gasteiger partial charge in [0.15, 0.2) is 0 Å². The zero-order chi connectivity index (χ0) is 13.2. The molecule has 1 aromatic rings. The Balaban J connectivity index is 2.11. The summed E-state index contributed by atoms with van der Waals surface area (Å²) in [6.45, 7) is 7.65. The molecule has 1 aliphatic rings. The van der Waals surface area contributed by atoms with Gasteiger partial charge in [-0.25, -0.2) is 0 Å². The molecule has 0 bridgehead atoms. The van der Waals surface area contributed by atoms with Crippen LogP contribution in [0.15, 0.2) is 12.4 Å². The summed E-state index contributed by atoms with van der Waals surface area (Å²) < 4.78 is 1.94. The minimum atomic E-state index is -0.356. The minimum absolute atomic E-state index is 0.241. The Hall–Kier alpha value is -0.830. The van der Waals surface area contributed by atoms with Crippen molar-refractivity contribution in [3.63, 3.8) is 0 Å². The molecule has 3 nitrogen and oxygen atoms in total. The summed E-state index contributed by atoms with van der Waals surface area (Å²) in [5.41, 5.74) is 1.23. The lowest BCUT2D eigenvalue weighted by atomic mass is 9.66. The lowest BCUT2D eigenvalue weighted by Crippen LogP contribution is -2.32. The van der Waals surface area contributed by atoms with E-state index in [1.807, 2.05) is 17.1 Å². The molecule has 18 heavy (non-hydrogen) atoms. The molecular formula is C15H26N2O. The highest BCUT2D eigenvalue weighted by molar-refractivity contribution is 5.11. The number of aryl methyl sites for hydroxylation is 1. The van der Waals surface area contributed by atoms with Crippen LogP contribution in [0, 0.1) is 11.3 Å². The Labute approximate surface area is 110 Å². The molecule has 1 aromatic heterocycles. The fourth-order valence-electron chi connectivity index (χ4n) is 3.22. The fraction of sp³-hybridized carbons (Fsp3) is 0.800. The lowest BCUT2D eigenvalue weighted by molar-refractivity contribution is 0.00381. The fourth-order valence-corrected chi connectivity index (χ4v) is 3.22. The van der Waals surface area contributed by atoms with Crippen LogP contribution in [0.3, 0.4) is 0 Å². The molecule has 1 N–H and O–H groups in total. The molecule has 1 heterocycles. The molecule has 0 radical (unpaired) electrons. The predicted octanol–water partition coefficient (Wildman–Crippen LogP) is 3.54. The maximum atomic E-state index is 10.6. The highest BCUT2D eigenvalue weighted by Gasteiger charge is 2.37. The molecule has 0 amide bonds. The monoisotopic (exact) mass is 250 g/mol. The van der Waals surface area contributed by atoms with Gasteiger partial charge in [0.25, 0.3) is 0 Å². The first-order valence-corrected chi connectivity index (χ1v) is 7.25. The van der Waals surface area contributed by atoms with Crippen LogP contribution in [0.2, 0.25) is 0 Å². The first kappa shape index (κ1) is 13.6. The van der Waals surface area contributed by atoms with E-state index >= 15 is 0 Å². The van der Waals surface area contributed by atoms with E-state index in [1.54, 1.807) is 0 Å². The molecule has 1 saturated carbocycles. The number of aromatic nitrogens is 2. The number of rotatable bonds is 4. The van der Waals surface area contributed by atoms with E-state index in [1.165, 1.54) is 19.3 Å². The van der Waals surface area contributed by atoms with Gasteiger partial charge in [0.1, 0.15) is 0 Å². The van der Waals surface area contributed by atoms with Gasteiger partial charge in [-0.15, -0.1) is 0 Å². The molecule has 2 rings (SSSR count). The summed E-state index contributed by atoms with van der Waals surface area (Å²) in [7, 11) is 0. The molecule has 1 aliphatic carbocycles. The summed E-state index contributed by atoms with van der Waals surface area (Å²) >= 11 is 0. The molecule has 102 valence electrons. The van der Waals surface area contributed by atoms with E-state index in [2.05, 4.69) is 25.9 Å². The van der Waals surface area contributed by atoms with Gasteiger partial charge >= 0.3 is 0 Å². The summed E-state index contributed by atoms with van der Waals surface area (Å²) in [6.07, 6.45) is 9.46. The highest BCUT2D eigenvalue weighted by Crippen LogP contribution is 2.46. The molecule has 0 aromatic carbocycles. The van der Waals surface area contributed by atoms with Crippen LogP contribution in [0.1, 0.15) is 64.5 Å². The van der Waals surface area contributed by atoms with E-state index in [0.29, 0.717) is 5.92 Å². The predicted molar refractivity (Wildman–Crippen MR) is 73.2 cm³/mol. The van der Waals surface area contributed by atoms with Crippen LogP contribution in [0.25, 0.3) is 0 Å². The van der Waals surface area contributed by atoms with E-state index in [4.69, 9.17) is 0 Å². The second-order valence-corrected chi connectivity index (χ2v) is 6.32. The molecule has 3 heteroatoms. The van der Waals surface area contributed by atoms with Gasteiger partial charge in [-0.1, -0.05) is 33.6 Å². The first-order chi connectivity index (χ1) is 8.54. The number of hydrogen-bond donors (Lipinski definition) is 1. The van der Waals surface area contributed by atoms with Crippen molar-refractivity contribution >= 4 is 0 Å². The Morgan fingerprint density at radius 3 is 2.94 bits per heavy atom. The molecule has 0 saturated heterocycles. The number of nitrogens with zero attached hydrogens (tertiary/aromatic N) is 2. The van der Waals surface area contributed by atoms with Crippen molar-refractivity contribution in [3.8, 4) is 0 Å². The van der Waals surface area contributed by atoms with Gasteiger partial charge in [0, 0.05) is 18.3 Å². The largest absolute Gasteiger partial charge is 0.388 e. The third-order valence-electron chi connectivity index (χ3n) is 4.42. The molecule has 0 spiro atoms. The van der Waals surface area contributed by atoms with Crippen molar-refractivity contribution in [1.29, 1.82) is 0 Å². The van der Waals surface area contributed by atoms with Crippen molar-refractivity contribution in [1.82, 2.24) is 9.78 Å². The Morgan fingerprint density at radius 1 is 1.50 bits per heavy atom. The van der Waals surface area contributed by atoms with E-state index in [0.717, 1.165) is 24.9 Å². The van der Waals surface area contributed by atoms with Gasteiger partial charge in [-0.2, -0.15) is 5.10 Å².